The van der Waals surface area contributed by atoms with E-state index in [2.05, 4.69) is 5.06 Å². The van der Waals surface area contributed by atoms with Crippen LogP contribution in [0.2, 0.25) is 0 Å². The van der Waals surface area contributed by atoms with Gasteiger partial charge in [-0.1, -0.05) is 51.4 Å². The first-order chi connectivity index (χ1) is 12.5. The molecule has 0 aromatic rings. The van der Waals surface area contributed by atoms with Crippen molar-refractivity contribution in [3.05, 3.63) is 0 Å². The van der Waals surface area contributed by atoms with E-state index >= 15 is 0 Å². The van der Waals surface area contributed by atoms with Gasteiger partial charge in [-0.25, -0.2) is 4.79 Å². The second-order valence-corrected chi connectivity index (χ2v) is 8.90. The summed E-state index contributed by atoms with van der Waals surface area (Å²) in [5, 5.41) is 13.1. The summed E-state index contributed by atoms with van der Waals surface area (Å²) in [5.74, 6) is -0.316. The molecule has 26 heavy (non-hydrogen) atoms. The van der Waals surface area contributed by atoms with E-state index in [9.17, 15) is 9.90 Å². The number of carbonyl (C=O) groups is 1. The molecule has 0 amide bonds. The monoisotopic (exact) mass is 367 g/mol. The third-order valence-corrected chi connectivity index (χ3v) is 6.96. The summed E-state index contributed by atoms with van der Waals surface area (Å²) in [6.07, 6.45) is 14.6. The maximum absolute atomic E-state index is 12.1. The third-order valence-electron chi connectivity index (χ3n) is 6.96. The molecule has 0 aromatic heterocycles. The summed E-state index contributed by atoms with van der Waals surface area (Å²) >= 11 is 0. The van der Waals surface area contributed by atoms with Gasteiger partial charge in [0.1, 0.15) is 0 Å². The number of aliphatic hydroxyl groups is 1. The van der Waals surface area contributed by atoms with E-state index in [1.54, 1.807) is 6.92 Å². The van der Waals surface area contributed by atoms with E-state index < -0.39 is 6.10 Å². The molecule has 2 aliphatic carbocycles. The highest BCUT2D eigenvalue weighted by atomic mass is 16.7. The standard InChI is InChI=1S/C21H37NO4/c1-17(19(24)25-2)26-22-20(11-7-3-4-8-12-20)15-18(23)16-21(22)13-9-5-6-10-14-21/h17-18,23H,3-16H2,1-2H3. The van der Waals surface area contributed by atoms with Crippen LogP contribution < -0.4 is 0 Å². The lowest BCUT2D eigenvalue weighted by molar-refractivity contribution is -0.329. The molecule has 0 radical (unpaired) electrons. The molecule has 3 fully saturated rings. The molecule has 3 aliphatic rings. The summed E-state index contributed by atoms with van der Waals surface area (Å²) in [6.45, 7) is 1.80. The van der Waals surface area contributed by atoms with Crippen LogP contribution in [0.1, 0.15) is 96.8 Å². The van der Waals surface area contributed by atoms with Gasteiger partial charge < -0.3 is 9.84 Å². The number of aliphatic hydroxyl groups excluding tert-OH is 1. The second-order valence-electron chi connectivity index (χ2n) is 8.90. The van der Waals surface area contributed by atoms with Crippen LogP contribution in [0.5, 0.6) is 0 Å². The fraction of sp³-hybridized carbons (Fsp3) is 0.952. The zero-order valence-corrected chi connectivity index (χ0v) is 16.7. The van der Waals surface area contributed by atoms with Crippen LogP contribution in [-0.2, 0) is 14.4 Å². The van der Waals surface area contributed by atoms with Crippen molar-refractivity contribution in [1.29, 1.82) is 0 Å². The number of rotatable bonds is 3. The Morgan fingerprint density at radius 3 is 1.73 bits per heavy atom. The Hall–Kier alpha value is -0.650. The lowest BCUT2D eigenvalue weighted by Crippen LogP contribution is -2.67. The largest absolute Gasteiger partial charge is 0.467 e. The van der Waals surface area contributed by atoms with Crippen LogP contribution in [-0.4, -0.2) is 46.5 Å². The van der Waals surface area contributed by atoms with Crippen molar-refractivity contribution in [2.45, 2.75) is 120 Å². The normalized spacial score (nSPS) is 30.5. The molecule has 2 saturated carbocycles. The summed E-state index contributed by atoms with van der Waals surface area (Å²) in [6, 6.07) is 0. The number of nitrogens with zero attached hydrogens (tertiary/aromatic N) is 1. The summed E-state index contributed by atoms with van der Waals surface area (Å²) in [5.41, 5.74) is -0.276. The highest BCUT2D eigenvalue weighted by Gasteiger charge is 2.55. The molecular formula is C21H37NO4. The minimum absolute atomic E-state index is 0.138. The molecule has 1 N–H and O–H groups in total. The maximum atomic E-state index is 12.1. The zero-order chi connectivity index (χ0) is 18.6. The Bertz CT molecular complexity index is 435. The second kappa shape index (κ2) is 8.57. The van der Waals surface area contributed by atoms with E-state index in [1.165, 1.54) is 58.5 Å². The smallest absolute Gasteiger partial charge is 0.336 e. The topological polar surface area (TPSA) is 59.0 Å². The Labute approximate surface area is 158 Å². The predicted molar refractivity (Wildman–Crippen MR) is 101 cm³/mol. The van der Waals surface area contributed by atoms with Gasteiger partial charge in [-0.05, 0) is 45.4 Å². The minimum Gasteiger partial charge on any atom is -0.467 e. The molecule has 0 bridgehead atoms. The predicted octanol–water partition coefficient (Wildman–Crippen LogP) is 4.12. The molecule has 150 valence electrons. The maximum Gasteiger partial charge on any atom is 0.336 e. The van der Waals surface area contributed by atoms with E-state index in [4.69, 9.17) is 9.57 Å². The first kappa shape index (κ1) is 20.1. The molecule has 5 heteroatoms. The molecular weight excluding hydrogens is 330 g/mol. The minimum atomic E-state index is -0.601. The van der Waals surface area contributed by atoms with E-state index in [1.807, 2.05) is 0 Å². The average Bonchev–Trinajstić information content (AvgIpc) is 2.99. The van der Waals surface area contributed by atoms with Crippen molar-refractivity contribution in [2.75, 3.05) is 7.11 Å². The Kier molecular flexibility index (Phi) is 6.63. The van der Waals surface area contributed by atoms with Crippen LogP contribution in [0.25, 0.3) is 0 Å². The summed E-state index contributed by atoms with van der Waals surface area (Å²) < 4.78 is 4.94. The van der Waals surface area contributed by atoms with Crippen LogP contribution in [0, 0.1) is 0 Å². The number of methoxy groups -OCH3 is 1. The Morgan fingerprint density at radius 1 is 0.923 bits per heavy atom. The zero-order valence-electron chi connectivity index (χ0n) is 16.7. The molecule has 1 saturated heterocycles. The van der Waals surface area contributed by atoms with Gasteiger partial charge in [-0.2, -0.15) is 5.06 Å². The van der Waals surface area contributed by atoms with Crippen LogP contribution in [0.15, 0.2) is 0 Å². The van der Waals surface area contributed by atoms with Gasteiger partial charge >= 0.3 is 5.97 Å². The molecule has 3 rings (SSSR count). The van der Waals surface area contributed by atoms with Crippen molar-refractivity contribution in [1.82, 2.24) is 5.06 Å². The molecule has 0 aromatic carbocycles. The summed E-state index contributed by atoms with van der Waals surface area (Å²) in [7, 11) is 1.42. The highest BCUT2D eigenvalue weighted by molar-refractivity contribution is 5.73. The number of hydrogen-bond acceptors (Lipinski definition) is 5. The van der Waals surface area contributed by atoms with E-state index in [0.29, 0.717) is 0 Å². The van der Waals surface area contributed by atoms with Crippen molar-refractivity contribution in [3.8, 4) is 0 Å². The van der Waals surface area contributed by atoms with Gasteiger partial charge in [0.25, 0.3) is 0 Å². The number of esters is 1. The van der Waals surface area contributed by atoms with Crippen molar-refractivity contribution in [2.24, 2.45) is 0 Å². The number of piperidine rings is 1. The first-order valence-corrected chi connectivity index (χ1v) is 10.7. The van der Waals surface area contributed by atoms with Crippen molar-refractivity contribution in [3.63, 3.8) is 0 Å². The fourth-order valence-corrected chi connectivity index (χ4v) is 5.80. The number of hydrogen-bond donors (Lipinski definition) is 1. The molecule has 1 heterocycles. The van der Waals surface area contributed by atoms with Crippen LogP contribution in [0.3, 0.4) is 0 Å². The van der Waals surface area contributed by atoms with E-state index in [-0.39, 0.29) is 23.2 Å². The molecule has 1 atom stereocenters. The average molecular weight is 368 g/mol. The lowest BCUT2D eigenvalue weighted by atomic mass is 9.70. The Balaban J connectivity index is 1.95. The molecule has 2 spiro atoms. The van der Waals surface area contributed by atoms with Gasteiger partial charge in [-0.15, -0.1) is 0 Å². The van der Waals surface area contributed by atoms with Crippen LogP contribution in [0.4, 0.5) is 0 Å². The number of carbonyl (C=O) groups excluding carboxylic acids is 1. The SMILES string of the molecule is COC(=O)C(C)ON1C2(CCCCCC2)CC(O)CC12CCCCCC2. The fourth-order valence-electron chi connectivity index (χ4n) is 5.80. The van der Waals surface area contributed by atoms with Crippen LogP contribution >= 0.6 is 0 Å². The van der Waals surface area contributed by atoms with E-state index in [0.717, 1.165) is 38.5 Å². The molecule has 5 nitrogen and oxygen atoms in total. The van der Waals surface area contributed by atoms with Crippen molar-refractivity contribution < 1.29 is 19.5 Å². The summed E-state index contributed by atoms with van der Waals surface area (Å²) in [4.78, 5) is 18.5. The number of ether oxygens (including phenoxy) is 1. The third kappa shape index (κ3) is 4.10. The highest BCUT2D eigenvalue weighted by Crippen LogP contribution is 2.51. The first-order valence-electron chi connectivity index (χ1n) is 10.7. The Morgan fingerprint density at radius 2 is 1.35 bits per heavy atom. The van der Waals surface area contributed by atoms with Gasteiger partial charge in [0, 0.05) is 11.1 Å². The van der Waals surface area contributed by atoms with Gasteiger partial charge in [0.05, 0.1) is 13.2 Å². The lowest BCUT2D eigenvalue weighted by Gasteiger charge is -2.58. The molecule has 1 unspecified atom stereocenters. The van der Waals surface area contributed by atoms with Gasteiger partial charge in [-0.3, -0.25) is 4.84 Å². The number of hydroxylamine groups is 2. The molecule has 1 aliphatic heterocycles. The quantitative estimate of drug-likeness (QED) is 0.760. The van der Waals surface area contributed by atoms with Crippen molar-refractivity contribution >= 4 is 5.97 Å². The van der Waals surface area contributed by atoms with Gasteiger partial charge in [0.15, 0.2) is 6.10 Å². The van der Waals surface area contributed by atoms with Gasteiger partial charge in [0.2, 0.25) is 0 Å².